The maximum atomic E-state index is 10.7. The van der Waals surface area contributed by atoms with E-state index < -0.39 is 0 Å². The molecule has 16 heavy (non-hydrogen) atoms. The van der Waals surface area contributed by atoms with Crippen LogP contribution in [0.2, 0.25) is 0 Å². The molecule has 0 aliphatic heterocycles. The van der Waals surface area contributed by atoms with Crippen molar-refractivity contribution >= 4 is 5.97 Å². The molecule has 0 unspecified atom stereocenters. The molecule has 3 atom stereocenters. The van der Waals surface area contributed by atoms with E-state index in [0.29, 0.717) is 17.9 Å². The molecule has 0 bridgehead atoms. The minimum absolute atomic E-state index is 0.183. The van der Waals surface area contributed by atoms with Gasteiger partial charge in [0.15, 0.2) is 0 Å². The zero-order chi connectivity index (χ0) is 12.1. The van der Waals surface area contributed by atoms with Crippen LogP contribution in [0.1, 0.15) is 40.5 Å². The van der Waals surface area contributed by atoms with Crippen LogP contribution < -0.4 is 0 Å². The number of ether oxygens (including phenoxy) is 1. The zero-order valence-electron chi connectivity index (χ0n) is 10.8. The van der Waals surface area contributed by atoms with Gasteiger partial charge in [0.25, 0.3) is 0 Å². The van der Waals surface area contributed by atoms with Crippen molar-refractivity contribution in [3.05, 3.63) is 12.2 Å². The van der Waals surface area contributed by atoms with E-state index in [-0.39, 0.29) is 11.4 Å². The molecule has 2 saturated carbocycles. The van der Waals surface area contributed by atoms with Gasteiger partial charge in [0.1, 0.15) is 0 Å². The normalized spacial score (nSPS) is 39.4. The standard InChI is InChI=1S/C14H22O2/c1-9-12-11(13(12,3)4)8-14(9,5)6-7-16-10(2)15/h11-12H,1,6-8H2,2-5H3/t11-,12+,14-/m0/s1. The van der Waals surface area contributed by atoms with Crippen LogP contribution in [0.15, 0.2) is 12.2 Å². The summed E-state index contributed by atoms with van der Waals surface area (Å²) in [5, 5.41) is 0. The largest absolute Gasteiger partial charge is 0.466 e. The number of rotatable bonds is 3. The summed E-state index contributed by atoms with van der Waals surface area (Å²) in [6.07, 6.45) is 2.14. The summed E-state index contributed by atoms with van der Waals surface area (Å²) in [7, 11) is 0. The number of esters is 1. The summed E-state index contributed by atoms with van der Waals surface area (Å²) in [5.74, 6) is 1.33. The first-order valence-corrected chi connectivity index (χ1v) is 6.12. The summed E-state index contributed by atoms with van der Waals surface area (Å²) in [4.78, 5) is 10.7. The number of fused-ring (bicyclic) bond motifs is 1. The SMILES string of the molecule is C=C1[C@@H]2[C@H](C[C@]1(C)CCOC(C)=O)C2(C)C. The lowest BCUT2D eigenvalue weighted by Crippen LogP contribution is -2.22. The topological polar surface area (TPSA) is 26.3 Å². The first kappa shape index (κ1) is 11.7. The Hall–Kier alpha value is -0.790. The third-order valence-corrected chi connectivity index (χ3v) is 4.83. The monoisotopic (exact) mass is 222 g/mol. The maximum absolute atomic E-state index is 10.7. The van der Waals surface area contributed by atoms with Gasteiger partial charge in [0.05, 0.1) is 6.61 Å². The Bertz CT molecular complexity index is 343. The summed E-state index contributed by atoms with van der Waals surface area (Å²) in [6, 6.07) is 0. The van der Waals surface area contributed by atoms with Crippen molar-refractivity contribution < 1.29 is 9.53 Å². The second kappa shape index (κ2) is 3.35. The molecule has 0 radical (unpaired) electrons. The molecule has 0 N–H and O–H groups in total. The Morgan fingerprint density at radius 2 is 2.12 bits per heavy atom. The Balaban J connectivity index is 1.92. The summed E-state index contributed by atoms with van der Waals surface area (Å²) in [5.41, 5.74) is 2.05. The number of allylic oxidation sites excluding steroid dienone is 1. The van der Waals surface area contributed by atoms with E-state index in [1.165, 1.54) is 18.9 Å². The highest BCUT2D eigenvalue weighted by Crippen LogP contribution is 2.73. The van der Waals surface area contributed by atoms with Crippen molar-refractivity contribution in [2.45, 2.75) is 40.5 Å². The molecular formula is C14H22O2. The van der Waals surface area contributed by atoms with Gasteiger partial charge in [-0.05, 0) is 35.5 Å². The van der Waals surface area contributed by atoms with Gasteiger partial charge in [-0.2, -0.15) is 0 Å². The number of carbonyl (C=O) groups excluding carboxylic acids is 1. The zero-order valence-corrected chi connectivity index (χ0v) is 10.8. The van der Waals surface area contributed by atoms with Gasteiger partial charge in [-0.3, -0.25) is 4.79 Å². The minimum atomic E-state index is -0.183. The van der Waals surface area contributed by atoms with Gasteiger partial charge >= 0.3 is 5.97 Å². The van der Waals surface area contributed by atoms with Gasteiger partial charge in [-0.1, -0.05) is 32.9 Å². The molecule has 2 nitrogen and oxygen atoms in total. The van der Waals surface area contributed by atoms with Crippen molar-refractivity contribution in [1.82, 2.24) is 0 Å². The smallest absolute Gasteiger partial charge is 0.302 e. The molecule has 2 rings (SSSR count). The second-order valence-electron chi connectivity index (χ2n) is 6.29. The maximum Gasteiger partial charge on any atom is 0.302 e. The summed E-state index contributed by atoms with van der Waals surface area (Å²) < 4.78 is 5.04. The van der Waals surface area contributed by atoms with Crippen LogP contribution in [0.4, 0.5) is 0 Å². The summed E-state index contributed by atoms with van der Waals surface area (Å²) in [6.45, 7) is 13.2. The fourth-order valence-corrected chi connectivity index (χ4v) is 3.49. The first-order chi connectivity index (χ1) is 7.29. The number of carbonyl (C=O) groups is 1. The van der Waals surface area contributed by atoms with Gasteiger partial charge in [-0.15, -0.1) is 0 Å². The van der Waals surface area contributed by atoms with E-state index in [1.54, 1.807) is 0 Å². The average molecular weight is 222 g/mol. The Kier molecular flexibility index (Phi) is 2.45. The molecule has 0 aromatic rings. The molecule has 0 aromatic carbocycles. The predicted molar refractivity (Wildman–Crippen MR) is 63.9 cm³/mol. The average Bonchev–Trinajstić information content (AvgIpc) is 2.50. The lowest BCUT2D eigenvalue weighted by Gasteiger charge is -2.30. The van der Waals surface area contributed by atoms with Crippen LogP contribution in [0, 0.1) is 22.7 Å². The van der Waals surface area contributed by atoms with Gasteiger partial charge in [0, 0.05) is 6.92 Å². The molecule has 2 fully saturated rings. The molecule has 0 heterocycles. The third kappa shape index (κ3) is 1.59. The van der Waals surface area contributed by atoms with Crippen LogP contribution in [0.3, 0.4) is 0 Å². The number of hydrogen-bond acceptors (Lipinski definition) is 2. The predicted octanol–water partition coefficient (Wildman–Crippen LogP) is 3.18. The summed E-state index contributed by atoms with van der Waals surface area (Å²) >= 11 is 0. The van der Waals surface area contributed by atoms with Gasteiger partial charge in [-0.25, -0.2) is 0 Å². The molecule has 90 valence electrons. The molecule has 2 aliphatic rings. The van der Waals surface area contributed by atoms with Crippen LogP contribution in [-0.2, 0) is 9.53 Å². The number of hydrogen-bond donors (Lipinski definition) is 0. The quantitative estimate of drug-likeness (QED) is 0.541. The van der Waals surface area contributed by atoms with E-state index in [1.807, 2.05) is 0 Å². The van der Waals surface area contributed by atoms with Gasteiger partial charge in [0.2, 0.25) is 0 Å². The van der Waals surface area contributed by atoms with Crippen LogP contribution in [-0.4, -0.2) is 12.6 Å². The van der Waals surface area contributed by atoms with Crippen molar-refractivity contribution in [2.75, 3.05) is 6.61 Å². The first-order valence-electron chi connectivity index (χ1n) is 6.12. The second-order valence-corrected chi connectivity index (χ2v) is 6.29. The van der Waals surface area contributed by atoms with Crippen LogP contribution >= 0.6 is 0 Å². The fraction of sp³-hybridized carbons (Fsp3) is 0.786. The molecular weight excluding hydrogens is 200 g/mol. The van der Waals surface area contributed by atoms with E-state index in [9.17, 15) is 4.79 Å². The minimum Gasteiger partial charge on any atom is -0.466 e. The van der Waals surface area contributed by atoms with E-state index in [0.717, 1.165) is 12.3 Å². The van der Waals surface area contributed by atoms with Gasteiger partial charge < -0.3 is 4.74 Å². The molecule has 0 spiro atoms. The molecule has 2 aliphatic carbocycles. The molecule has 0 amide bonds. The Morgan fingerprint density at radius 3 is 2.56 bits per heavy atom. The lowest BCUT2D eigenvalue weighted by molar-refractivity contribution is -0.141. The fourth-order valence-electron chi connectivity index (χ4n) is 3.49. The van der Waals surface area contributed by atoms with Crippen molar-refractivity contribution in [3.63, 3.8) is 0 Å². The van der Waals surface area contributed by atoms with E-state index in [4.69, 9.17) is 4.74 Å². The highest BCUT2D eigenvalue weighted by Gasteiger charge is 2.66. The lowest BCUT2D eigenvalue weighted by atomic mass is 9.75. The Morgan fingerprint density at radius 1 is 1.50 bits per heavy atom. The van der Waals surface area contributed by atoms with Crippen molar-refractivity contribution in [3.8, 4) is 0 Å². The van der Waals surface area contributed by atoms with Crippen LogP contribution in [0.5, 0.6) is 0 Å². The van der Waals surface area contributed by atoms with Crippen molar-refractivity contribution in [2.24, 2.45) is 22.7 Å². The highest BCUT2D eigenvalue weighted by molar-refractivity contribution is 5.65. The van der Waals surface area contributed by atoms with E-state index >= 15 is 0 Å². The molecule has 0 saturated heterocycles. The Labute approximate surface area is 98.1 Å². The highest BCUT2D eigenvalue weighted by atomic mass is 16.5. The molecule has 2 heteroatoms. The van der Waals surface area contributed by atoms with E-state index in [2.05, 4.69) is 27.4 Å². The van der Waals surface area contributed by atoms with Crippen molar-refractivity contribution in [1.29, 1.82) is 0 Å². The molecule has 0 aromatic heterocycles. The van der Waals surface area contributed by atoms with Crippen LogP contribution in [0.25, 0.3) is 0 Å². The third-order valence-electron chi connectivity index (χ3n) is 4.83.